The van der Waals surface area contributed by atoms with Crippen molar-refractivity contribution in [3.8, 4) is 0 Å². The molecule has 1 amide bonds. The molecule has 3 heterocycles. The van der Waals surface area contributed by atoms with E-state index in [0.717, 1.165) is 31.5 Å². The van der Waals surface area contributed by atoms with Gasteiger partial charge in [0.2, 0.25) is 0 Å². The van der Waals surface area contributed by atoms with E-state index < -0.39 is 5.60 Å². The number of fused-ring (bicyclic) bond motifs is 2. The van der Waals surface area contributed by atoms with Gasteiger partial charge in [0, 0.05) is 25.2 Å². The van der Waals surface area contributed by atoms with Gasteiger partial charge < -0.3 is 14.5 Å². The Bertz CT molecular complexity index is 588. The van der Waals surface area contributed by atoms with Crippen molar-refractivity contribution in [1.82, 2.24) is 15.1 Å². The van der Waals surface area contributed by atoms with Crippen LogP contribution in [0.5, 0.6) is 0 Å². The minimum absolute atomic E-state index is 0.178. The van der Waals surface area contributed by atoms with Crippen LogP contribution in [-0.2, 0) is 4.74 Å². The molecule has 0 unspecified atom stereocenters. The molecule has 132 valence electrons. The Balaban J connectivity index is 1.68. The van der Waals surface area contributed by atoms with Crippen molar-refractivity contribution in [3.63, 3.8) is 0 Å². The van der Waals surface area contributed by atoms with Crippen molar-refractivity contribution in [2.45, 2.75) is 70.2 Å². The molecule has 2 aliphatic rings. The molecule has 2 saturated heterocycles. The summed E-state index contributed by atoms with van der Waals surface area (Å²) in [6.45, 7) is 5.73. The molecule has 3 rings (SSSR count). The number of aromatic nitrogens is 2. The number of hydrogen-bond donors (Lipinski definition) is 0. The van der Waals surface area contributed by atoms with E-state index in [1.54, 1.807) is 6.07 Å². The molecule has 2 atom stereocenters. The number of amides is 1. The van der Waals surface area contributed by atoms with Crippen molar-refractivity contribution in [2.24, 2.45) is 0 Å². The molecule has 0 aromatic carbocycles. The largest absolute Gasteiger partial charge is 0.444 e. The molecule has 0 saturated carbocycles. The normalized spacial score (nSPS) is 26.4. The van der Waals surface area contributed by atoms with Crippen molar-refractivity contribution < 1.29 is 9.53 Å². The van der Waals surface area contributed by atoms with E-state index in [0.29, 0.717) is 11.2 Å². The molecule has 24 heavy (non-hydrogen) atoms. The third-order valence-corrected chi connectivity index (χ3v) is 5.04. The van der Waals surface area contributed by atoms with Crippen molar-refractivity contribution >= 4 is 23.5 Å². The van der Waals surface area contributed by atoms with Crippen LogP contribution < -0.4 is 4.90 Å². The Morgan fingerprint density at radius 2 is 1.88 bits per heavy atom. The third kappa shape index (κ3) is 3.58. The van der Waals surface area contributed by atoms with Gasteiger partial charge in [0.25, 0.3) is 0 Å². The lowest BCUT2D eigenvalue weighted by Gasteiger charge is -2.42. The van der Waals surface area contributed by atoms with Gasteiger partial charge in [-0.3, -0.25) is 0 Å². The standard InChI is InChI=1S/C17H25ClN4O2/c1-17(2,3)24-16(23)22-11-5-6-12(22)10-13(9-11)21(4)15-8-7-14(18)19-20-15/h7-8,11-13H,5-6,9-10H2,1-4H3/t11-,12-/m0/s1. The van der Waals surface area contributed by atoms with Gasteiger partial charge in [-0.25, -0.2) is 4.79 Å². The first-order chi connectivity index (χ1) is 11.2. The van der Waals surface area contributed by atoms with Gasteiger partial charge in [-0.15, -0.1) is 10.2 Å². The maximum atomic E-state index is 12.5. The van der Waals surface area contributed by atoms with Gasteiger partial charge >= 0.3 is 6.09 Å². The van der Waals surface area contributed by atoms with Crippen molar-refractivity contribution in [1.29, 1.82) is 0 Å². The molecular formula is C17H25ClN4O2. The summed E-state index contributed by atoms with van der Waals surface area (Å²) in [6, 6.07) is 4.47. The van der Waals surface area contributed by atoms with Crippen LogP contribution in [0.2, 0.25) is 5.15 Å². The summed E-state index contributed by atoms with van der Waals surface area (Å²) < 4.78 is 5.59. The summed E-state index contributed by atoms with van der Waals surface area (Å²) in [5, 5.41) is 8.48. The molecule has 0 aliphatic carbocycles. The van der Waals surface area contributed by atoms with Crippen LogP contribution in [0.4, 0.5) is 10.6 Å². The summed E-state index contributed by atoms with van der Waals surface area (Å²) in [5.41, 5.74) is -0.455. The average Bonchev–Trinajstić information content (AvgIpc) is 2.76. The first-order valence-electron chi connectivity index (χ1n) is 8.48. The molecule has 7 heteroatoms. The Morgan fingerprint density at radius 1 is 1.25 bits per heavy atom. The minimum Gasteiger partial charge on any atom is -0.444 e. The first-order valence-corrected chi connectivity index (χ1v) is 8.86. The average molecular weight is 353 g/mol. The highest BCUT2D eigenvalue weighted by Crippen LogP contribution is 2.39. The molecule has 0 N–H and O–H groups in total. The topological polar surface area (TPSA) is 58.6 Å². The van der Waals surface area contributed by atoms with Gasteiger partial charge in [0.15, 0.2) is 11.0 Å². The Labute approximate surface area is 148 Å². The van der Waals surface area contributed by atoms with Crippen LogP contribution in [0, 0.1) is 0 Å². The molecule has 0 spiro atoms. The summed E-state index contributed by atoms with van der Waals surface area (Å²) >= 11 is 5.81. The van der Waals surface area contributed by atoms with E-state index in [-0.39, 0.29) is 18.2 Å². The van der Waals surface area contributed by atoms with Crippen molar-refractivity contribution in [3.05, 3.63) is 17.3 Å². The van der Waals surface area contributed by atoms with E-state index in [9.17, 15) is 4.79 Å². The lowest BCUT2D eigenvalue weighted by Crippen LogP contribution is -2.53. The highest BCUT2D eigenvalue weighted by atomic mass is 35.5. The summed E-state index contributed by atoms with van der Waals surface area (Å²) in [7, 11) is 2.03. The van der Waals surface area contributed by atoms with E-state index in [1.807, 2.05) is 38.8 Å². The highest BCUT2D eigenvalue weighted by molar-refractivity contribution is 6.29. The zero-order valence-electron chi connectivity index (χ0n) is 14.7. The Morgan fingerprint density at radius 3 is 2.38 bits per heavy atom. The van der Waals surface area contributed by atoms with Gasteiger partial charge in [-0.2, -0.15) is 0 Å². The fraction of sp³-hybridized carbons (Fsp3) is 0.706. The molecular weight excluding hydrogens is 328 g/mol. The maximum absolute atomic E-state index is 12.5. The van der Waals surface area contributed by atoms with Crippen LogP contribution in [0.15, 0.2) is 12.1 Å². The lowest BCUT2D eigenvalue weighted by atomic mass is 9.96. The predicted molar refractivity (Wildman–Crippen MR) is 93.4 cm³/mol. The van der Waals surface area contributed by atoms with Gasteiger partial charge in [-0.1, -0.05) is 11.6 Å². The number of halogens is 1. The maximum Gasteiger partial charge on any atom is 0.410 e. The van der Waals surface area contributed by atoms with Gasteiger partial charge in [-0.05, 0) is 58.6 Å². The highest BCUT2D eigenvalue weighted by Gasteiger charge is 2.45. The number of carbonyl (C=O) groups is 1. The summed E-state index contributed by atoms with van der Waals surface area (Å²) in [4.78, 5) is 16.6. The Hall–Kier alpha value is -1.56. The second-order valence-electron chi connectivity index (χ2n) is 7.72. The Kier molecular flexibility index (Phi) is 4.60. The molecule has 6 nitrogen and oxygen atoms in total. The quantitative estimate of drug-likeness (QED) is 0.815. The number of hydrogen-bond acceptors (Lipinski definition) is 5. The second-order valence-corrected chi connectivity index (χ2v) is 8.11. The second kappa shape index (κ2) is 6.39. The van der Waals surface area contributed by atoms with Crippen LogP contribution in [0.25, 0.3) is 0 Å². The third-order valence-electron chi connectivity index (χ3n) is 4.84. The van der Waals surface area contributed by atoms with Crippen LogP contribution in [0.1, 0.15) is 46.5 Å². The number of nitrogens with zero attached hydrogens (tertiary/aromatic N) is 4. The lowest BCUT2D eigenvalue weighted by molar-refractivity contribution is 0.00597. The van der Waals surface area contributed by atoms with E-state index in [4.69, 9.17) is 16.3 Å². The van der Waals surface area contributed by atoms with E-state index in [2.05, 4.69) is 15.1 Å². The molecule has 2 bridgehead atoms. The number of rotatable bonds is 2. The molecule has 1 aromatic rings. The number of anilines is 1. The van der Waals surface area contributed by atoms with E-state index in [1.165, 1.54) is 0 Å². The fourth-order valence-corrected chi connectivity index (χ4v) is 3.86. The number of piperidine rings is 1. The van der Waals surface area contributed by atoms with Gasteiger partial charge in [0.1, 0.15) is 5.60 Å². The minimum atomic E-state index is -0.455. The molecule has 1 aromatic heterocycles. The molecule has 2 aliphatic heterocycles. The van der Waals surface area contributed by atoms with Crippen molar-refractivity contribution in [2.75, 3.05) is 11.9 Å². The molecule has 2 fully saturated rings. The number of ether oxygens (including phenoxy) is 1. The smallest absolute Gasteiger partial charge is 0.410 e. The summed E-state index contributed by atoms with van der Waals surface area (Å²) in [5.74, 6) is 0.814. The monoisotopic (exact) mass is 352 g/mol. The fourth-order valence-electron chi connectivity index (χ4n) is 3.76. The zero-order valence-corrected chi connectivity index (χ0v) is 15.5. The number of carbonyl (C=O) groups excluding carboxylic acids is 1. The van der Waals surface area contributed by atoms with E-state index >= 15 is 0 Å². The van der Waals surface area contributed by atoms with Crippen LogP contribution in [0.3, 0.4) is 0 Å². The summed E-state index contributed by atoms with van der Waals surface area (Å²) in [6.07, 6.45) is 3.76. The van der Waals surface area contributed by atoms with Gasteiger partial charge in [0.05, 0.1) is 0 Å². The van der Waals surface area contributed by atoms with Crippen LogP contribution in [-0.4, -0.2) is 52.0 Å². The molecule has 0 radical (unpaired) electrons. The zero-order chi connectivity index (χ0) is 17.5. The first kappa shape index (κ1) is 17.3. The van der Waals surface area contributed by atoms with Crippen LogP contribution >= 0.6 is 11.6 Å². The predicted octanol–water partition coefficient (Wildman–Crippen LogP) is 3.50. The SMILES string of the molecule is CN(c1ccc(Cl)nn1)C1C[C@@H]2CC[C@@H](C1)N2C(=O)OC(C)(C)C.